The molecule has 112 valence electrons. The summed E-state index contributed by atoms with van der Waals surface area (Å²) in [5.41, 5.74) is 5.89. The Balaban J connectivity index is 3.19. The summed E-state index contributed by atoms with van der Waals surface area (Å²) in [4.78, 5) is 15.1. The van der Waals surface area contributed by atoms with E-state index in [-0.39, 0.29) is 25.1 Å². The first-order valence-corrected chi connectivity index (χ1v) is 6.64. The van der Waals surface area contributed by atoms with Gasteiger partial charge in [-0.05, 0) is 35.1 Å². The average molecular weight is 404 g/mol. The zero-order valence-corrected chi connectivity index (χ0v) is 12.6. The molecule has 0 atom stereocenters. The third kappa shape index (κ3) is 4.78. The van der Waals surface area contributed by atoms with E-state index in [2.05, 4.69) is 9.72 Å². The largest absolute Gasteiger partial charge is 0.574 e. The molecule has 9 heteroatoms. The molecule has 0 saturated heterocycles. The van der Waals surface area contributed by atoms with Gasteiger partial charge in [0.25, 0.3) is 0 Å². The van der Waals surface area contributed by atoms with Crippen LogP contribution >= 0.6 is 22.6 Å². The van der Waals surface area contributed by atoms with Crippen LogP contribution in [0.2, 0.25) is 0 Å². The van der Waals surface area contributed by atoms with Crippen LogP contribution in [0.5, 0.6) is 5.88 Å². The van der Waals surface area contributed by atoms with Crippen LogP contribution in [0.4, 0.5) is 13.2 Å². The van der Waals surface area contributed by atoms with Gasteiger partial charge in [-0.2, -0.15) is 0 Å². The van der Waals surface area contributed by atoms with Crippen molar-refractivity contribution in [3.05, 3.63) is 20.9 Å². The lowest BCUT2D eigenvalue weighted by Gasteiger charge is -2.15. The smallest absolute Gasteiger partial charge is 0.466 e. The number of ether oxygens (including phenoxy) is 2. The summed E-state index contributed by atoms with van der Waals surface area (Å²) >= 11 is 1.88. The van der Waals surface area contributed by atoms with Crippen molar-refractivity contribution < 1.29 is 27.4 Å². The zero-order chi connectivity index (χ0) is 15.3. The molecule has 0 radical (unpaired) electrons. The van der Waals surface area contributed by atoms with Crippen molar-refractivity contribution in [1.29, 1.82) is 0 Å². The zero-order valence-electron chi connectivity index (χ0n) is 10.5. The molecule has 0 aliphatic rings. The second kappa shape index (κ2) is 7.07. The lowest BCUT2D eigenvalue weighted by molar-refractivity contribution is -0.276. The Kier molecular flexibility index (Phi) is 5.99. The van der Waals surface area contributed by atoms with E-state index in [9.17, 15) is 18.0 Å². The van der Waals surface area contributed by atoms with Crippen LogP contribution in [0.25, 0.3) is 0 Å². The van der Waals surface area contributed by atoms with Crippen molar-refractivity contribution >= 4 is 28.6 Å². The number of carbonyl (C=O) groups is 1. The van der Waals surface area contributed by atoms with E-state index in [1.807, 2.05) is 22.6 Å². The topological polar surface area (TPSA) is 74.4 Å². The van der Waals surface area contributed by atoms with Crippen molar-refractivity contribution in [2.45, 2.75) is 26.3 Å². The SMILES string of the molecule is CCOC(=O)Cc1c(OC(F)(F)F)ncc(I)c1CN. The van der Waals surface area contributed by atoms with E-state index in [0.717, 1.165) is 0 Å². The minimum atomic E-state index is -4.89. The first-order valence-electron chi connectivity index (χ1n) is 5.56. The van der Waals surface area contributed by atoms with Gasteiger partial charge in [0.2, 0.25) is 5.88 Å². The molecular formula is C11H12F3IN2O3. The van der Waals surface area contributed by atoms with Crippen LogP contribution in [-0.4, -0.2) is 23.9 Å². The second-order valence-electron chi connectivity index (χ2n) is 3.60. The van der Waals surface area contributed by atoms with Crippen LogP contribution in [-0.2, 0) is 22.5 Å². The molecular weight excluding hydrogens is 392 g/mol. The highest BCUT2D eigenvalue weighted by atomic mass is 127. The maximum absolute atomic E-state index is 12.3. The van der Waals surface area contributed by atoms with E-state index in [4.69, 9.17) is 10.5 Å². The van der Waals surface area contributed by atoms with Crippen molar-refractivity contribution in [2.24, 2.45) is 5.73 Å². The number of carbonyl (C=O) groups excluding carboxylic acids is 1. The van der Waals surface area contributed by atoms with E-state index in [1.54, 1.807) is 6.92 Å². The number of hydrogen-bond donors (Lipinski definition) is 1. The Hall–Kier alpha value is -1.10. The molecule has 0 fully saturated rings. The van der Waals surface area contributed by atoms with E-state index < -0.39 is 18.2 Å². The highest BCUT2D eigenvalue weighted by Gasteiger charge is 2.34. The molecule has 0 unspecified atom stereocenters. The van der Waals surface area contributed by atoms with Crippen LogP contribution in [0, 0.1) is 3.57 Å². The normalized spacial score (nSPS) is 11.3. The van der Waals surface area contributed by atoms with E-state index in [0.29, 0.717) is 9.13 Å². The van der Waals surface area contributed by atoms with Gasteiger partial charge in [0.15, 0.2) is 0 Å². The summed E-state index contributed by atoms with van der Waals surface area (Å²) in [6.45, 7) is 1.69. The Labute approximate surface area is 126 Å². The maximum atomic E-state index is 12.3. The van der Waals surface area contributed by atoms with Crippen molar-refractivity contribution in [3.8, 4) is 5.88 Å². The fourth-order valence-corrected chi connectivity index (χ4v) is 2.19. The van der Waals surface area contributed by atoms with E-state index in [1.165, 1.54) is 6.20 Å². The van der Waals surface area contributed by atoms with Gasteiger partial charge in [-0.15, -0.1) is 13.2 Å². The number of nitrogens with zero attached hydrogens (tertiary/aromatic N) is 1. The highest BCUT2D eigenvalue weighted by Crippen LogP contribution is 2.29. The van der Waals surface area contributed by atoms with Gasteiger partial charge in [-0.25, -0.2) is 4.98 Å². The Morgan fingerprint density at radius 1 is 1.45 bits per heavy atom. The number of nitrogens with two attached hydrogens (primary N) is 1. The number of alkyl halides is 3. The minimum absolute atomic E-state index is 0.00447. The summed E-state index contributed by atoms with van der Waals surface area (Å²) < 4.78 is 46.1. The molecule has 0 saturated carbocycles. The average Bonchev–Trinajstić information content (AvgIpc) is 2.32. The summed E-state index contributed by atoms with van der Waals surface area (Å²) in [7, 11) is 0. The van der Waals surface area contributed by atoms with E-state index >= 15 is 0 Å². The molecule has 0 aromatic carbocycles. The Morgan fingerprint density at radius 3 is 2.60 bits per heavy atom. The third-order valence-electron chi connectivity index (χ3n) is 2.25. The molecule has 1 aromatic rings. The molecule has 1 aromatic heterocycles. The van der Waals surface area contributed by atoms with Crippen LogP contribution in [0.1, 0.15) is 18.1 Å². The van der Waals surface area contributed by atoms with Gasteiger partial charge in [-0.3, -0.25) is 4.79 Å². The predicted molar refractivity (Wildman–Crippen MR) is 71.9 cm³/mol. The lowest BCUT2D eigenvalue weighted by Crippen LogP contribution is -2.21. The van der Waals surface area contributed by atoms with Crippen LogP contribution < -0.4 is 10.5 Å². The van der Waals surface area contributed by atoms with Gasteiger partial charge in [0, 0.05) is 21.9 Å². The molecule has 5 nitrogen and oxygen atoms in total. The standard InChI is InChI=1S/C11H12F3IN2O3/c1-2-19-9(18)3-6-7(4-16)8(15)5-17-10(6)20-11(12,13)14/h5H,2-4,16H2,1H3. The first-order chi connectivity index (χ1) is 9.28. The van der Waals surface area contributed by atoms with Crippen molar-refractivity contribution in [1.82, 2.24) is 4.98 Å². The molecule has 2 N–H and O–H groups in total. The predicted octanol–water partition coefficient (Wildman–Crippen LogP) is 2.15. The molecule has 0 bridgehead atoms. The fraction of sp³-hybridized carbons (Fsp3) is 0.455. The van der Waals surface area contributed by atoms with Gasteiger partial charge >= 0.3 is 12.3 Å². The number of pyridine rings is 1. The first kappa shape index (κ1) is 17.0. The summed E-state index contributed by atoms with van der Waals surface area (Å²) in [6.07, 6.45) is -4.07. The Morgan fingerprint density at radius 2 is 2.10 bits per heavy atom. The van der Waals surface area contributed by atoms with Gasteiger partial charge in [0.05, 0.1) is 13.0 Å². The number of hydrogen-bond acceptors (Lipinski definition) is 5. The minimum Gasteiger partial charge on any atom is -0.466 e. The Bertz CT molecular complexity index is 495. The van der Waals surface area contributed by atoms with Gasteiger partial charge in [0.1, 0.15) is 0 Å². The summed E-state index contributed by atoms with van der Waals surface area (Å²) in [5, 5.41) is 0. The second-order valence-corrected chi connectivity index (χ2v) is 4.76. The molecule has 20 heavy (non-hydrogen) atoms. The number of halogens is 4. The van der Waals surface area contributed by atoms with Crippen molar-refractivity contribution in [2.75, 3.05) is 6.61 Å². The molecule has 0 aliphatic heterocycles. The number of rotatable bonds is 5. The lowest BCUT2D eigenvalue weighted by atomic mass is 10.1. The van der Waals surface area contributed by atoms with Crippen LogP contribution in [0.3, 0.4) is 0 Å². The summed E-state index contributed by atoms with van der Waals surface area (Å²) in [6, 6.07) is 0. The maximum Gasteiger partial charge on any atom is 0.574 e. The highest BCUT2D eigenvalue weighted by molar-refractivity contribution is 14.1. The van der Waals surface area contributed by atoms with Crippen LogP contribution in [0.15, 0.2) is 6.20 Å². The third-order valence-corrected chi connectivity index (χ3v) is 3.18. The number of aromatic nitrogens is 1. The monoisotopic (exact) mass is 404 g/mol. The van der Waals surface area contributed by atoms with Gasteiger partial charge in [-0.1, -0.05) is 0 Å². The molecule has 0 spiro atoms. The molecule has 1 heterocycles. The molecule has 1 rings (SSSR count). The quantitative estimate of drug-likeness (QED) is 0.602. The van der Waals surface area contributed by atoms with Gasteiger partial charge < -0.3 is 15.2 Å². The molecule has 0 aliphatic carbocycles. The fourth-order valence-electron chi connectivity index (χ4n) is 1.50. The molecule has 0 amide bonds. The summed E-state index contributed by atoms with van der Waals surface area (Å²) in [5.74, 6) is -1.34. The van der Waals surface area contributed by atoms with Crippen molar-refractivity contribution in [3.63, 3.8) is 0 Å². The number of esters is 1.